The monoisotopic (exact) mass is 363 g/mol. The maximum absolute atomic E-state index is 12.9. The average molecular weight is 364 g/mol. The molecule has 146 valence electrons. The molecule has 1 N–H and O–H groups in total. The van der Waals surface area contributed by atoms with Crippen LogP contribution in [-0.2, 0) is 14.3 Å². The first-order valence-electron chi connectivity index (χ1n) is 10.0. The fourth-order valence-electron chi connectivity index (χ4n) is 4.26. The number of nitrogens with zero attached hydrogens (tertiary/aromatic N) is 2. The Morgan fingerprint density at radius 2 is 2.04 bits per heavy atom. The van der Waals surface area contributed by atoms with Crippen molar-refractivity contribution in [2.75, 3.05) is 19.7 Å². The third-order valence-electron chi connectivity index (χ3n) is 5.94. The highest BCUT2D eigenvalue weighted by Gasteiger charge is 2.47. The summed E-state index contributed by atoms with van der Waals surface area (Å²) in [6.45, 7) is 10.3. The summed E-state index contributed by atoms with van der Waals surface area (Å²) in [5.74, 6) is 1.70. The van der Waals surface area contributed by atoms with Crippen molar-refractivity contribution < 1.29 is 14.3 Å². The van der Waals surface area contributed by atoms with Gasteiger partial charge < -0.3 is 15.0 Å². The number of amides is 2. The van der Waals surface area contributed by atoms with Gasteiger partial charge >= 0.3 is 0 Å². The number of carbonyl (C=O) groups excluding carboxylic acids is 2. The molecule has 0 radical (unpaired) electrons. The number of nitrogens with one attached hydrogen (secondary N) is 1. The van der Waals surface area contributed by atoms with E-state index in [1.54, 1.807) is 0 Å². The fourth-order valence-corrected chi connectivity index (χ4v) is 4.26. The Hall–Kier alpha value is -1.43. The summed E-state index contributed by atoms with van der Waals surface area (Å²) in [5.41, 5.74) is -0.866. The predicted octanol–water partition coefficient (Wildman–Crippen LogP) is 2.52. The summed E-state index contributed by atoms with van der Waals surface area (Å²) in [6, 6.07) is 0. The van der Waals surface area contributed by atoms with Gasteiger partial charge in [-0.2, -0.15) is 0 Å². The zero-order valence-electron chi connectivity index (χ0n) is 16.6. The van der Waals surface area contributed by atoms with E-state index in [9.17, 15) is 9.59 Å². The van der Waals surface area contributed by atoms with Crippen molar-refractivity contribution in [2.45, 2.75) is 77.4 Å². The Morgan fingerprint density at radius 3 is 2.65 bits per heavy atom. The molecule has 3 heterocycles. The van der Waals surface area contributed by atoms with Gasteiger partial charge in [0.2, 0.25) is 5.91 Å². The Labute approximate surface area is 156 Å². The van der Waals surface area contributed by atoms with Crippen molar-refractivity contribution in [3.05, 3.63) is 0 Å². The molecule has 3 aliphatic heterocycles. The first kappa shape index (κ1) is 19.3. The van der Waals surface area contributed by atoms with E-state index in [4.69, 9.17) is 9.73 Å². The lowest BCUT2D eigenvalue weighted by atomic mass is 9.84. The zero-order valence-corrected chi connectivity index (χ0v) is 16.6. The molecule has 1 atom stereocenters. The van der Waals surface area contributed by atoms with E-state index in [0.717, 1.165) is 31.5 Å². The summed E-state index contributed by atoms with van der Waals surface area (Å²) >= 11 is 0. The van der Waals surface area contributed by atoms with E-state index in [-0.39, 0.29) is 23.3 Å². The van der Waals surface area contributed by atoms with E-state index in [2.05, 4.69) is 19.2 Å². The number of hydrogen-bond acceptors (Lipinski definition) is 4. The fraction of sp³-hybridized carbons (Fsp3) is 0.850. The minimum Gasteiger partial charge on any atom is -0.376 e. The molecule has 0 aromatic heterocycles. The van der Waals surface area contributed by atoms with Crippen molar-refractivity contribution in [1.29, 1.82) is 0 Å². The summed E-state index contributed by atoms with van der Waals surface area (Å²) in [6.07, 6.45) is 4.67. The molecule has 6 nitrogen and oxygen atoms in total. The van der Waals surface area contributed by atoms with E-state index < -0.39 is 5.54 Å². The molecule has 0 aliphatic carbocycles. The molecule has 0 aromatic rings. The molecule has 0 bridgehead atoms. The largest absolute Gasteiger partial charge is 0.376 e. The molecule has 3 aliphatic rings. The molecule has 2 fully saturated rings. The molecule has 26 heavy (non-hydrogen) atoms. The summed E-state index contributed by atoms with van der Waals surface area (Å²) in [4.78, 5) is 32.1. The van der Waals surface area contributed by atoms with Crippen molar-refractivity contribution in [1.82, 2.24) is 10.2 Å². The topological polar surface area (TPSA) is 71.0 Å². The lowest BCUT2D eigenvalue weighted by Gasteiger charge is -2.40. The van der Waals surface area contributed by atoms with Gasteiger partial charge in [0.05, 0.1) is 5.60 Å². The van der Waals surface area contributed by atoms with Gasteiger partial charge in [0.25, 0.3) is 5.91 Å². The number of likely N-dealkylation sites (tertiary alicyclic amines) is 1. The lowest BCUT2D eigenvalue weighted by molar-refractivity contribution is -0.147. The summed E-state index contributed by atoms with van der Waals surface area (Å²) in [5, 5.41) is 2.98. The third kappa shape index (κ3) is 4.11. The van der Waals surface area contributed by atoms with Gasteiger partial charge in [-0.25, -0.2) is 0 Å². The second kappa shape index (κ2) is 7.29. The highest BCUT2D eigenvalue weighted by Crippen LogP contribution is 2.34. The van der Waals surface area contributed by atoms with Crippen LogP contribution in [0.5, 0.6) is 0 Å². The average Bonchev–Trinajstić information content (AvgIpc) is 2.88. The van der Waals surface area contributed by atoms with Crippen LogP contribution in [0.15, 0.2) is 4.99 Å². The van der Waals surface area contributed by atoms with E-state index in [1.165, 1.54) is 0 Å². The van der Waals surface area contributed by atoms with Crippen LogP contribution >= 0.6 is 0 Å². The lowest BCUT2D eigenvalue weighted by Crippen LogP contribution is -2.52. The number of piperidine rings is 1. The van der Waals surface area contributed by atoms with Crippen LogP contribution in [-0.4, -0.2) is 53.4 Å². The smallest absolute Gasteiger partial charge is 0.253 e. The second-order valence-electron chi connectivity index (χ2n) is 9.10. The maximum atomic E-state index is 12.9. The van der Waals surface area contributed by atoms with Crippen LogP contribution in [0.4, 0.5) is 0 Å². The van der Waals surface area contributed by atoms with Crippen LogP contribution in [0, 0.1) is 11.8 Å². The van der Waals surface area contributed by atoms with Gasteiger partial charge in [-0.1, -0.05) is 13.8 Å². The van der Waals surface area contributed by atoms with Crippen LogP contribution in [0.25, 0.3) is 0 Å². The molecule has 1 spiro atoms. The van der Waals surface area contributed by atoms with Crippen molar-refractivity contribution >= 4 is 17.6 Å². The Bertz CT molecular complexity index is 589. The van der Waals surface area contributed by atoms with Gasteiger partial charge in [-0.05, 0) is 51.9 Å². The second-order valence-corrected chi connectivity index (χ2v) is 9.10. The Kier molecular flexibility index (Phi) is 5.42. The van der Waals surface area contributed by atoms with E-state index in [0.29, 0.717) is 38.5 Å². The Morgan fingerprint density at radius 1 is 1.35 bits per heavy atom. The molecule has 2 saturated heterocycles. The van der Waals surface area contributed by atoms with Crippen LogP contribution in [0.1, 0.15) is 66.2 Å². The van der Waals surface area contributed by atoms with Gasteiger partial charge in [-0.15, -0.1) is 0 Å². The summed E-state index contributed by atoms with van der Waals surface area (Å²) < 4.78 is 5.73. The first-order chi connectivity index (χ1) is 12.2. The number of rotatable bonds is 4. The number of carbonyl (C=O) groups is 2. The zero-order chi connectivity index (χ0) is 18.9. The highest BCUT2D eigenvalue weighted by atomic mass is 16.5. The van der Waals surface area contributed by atoms with Gasteiger partial charge in [-0.3, -0.25) is 14.6 Å². The molecule has 0 unspecified atom stereocenters. The first-order valence-corrected chi connectivity index (χ1v) is 10.0. The molecule has 0 saturated carbocycles. The van der Waals surface area contributed by atoms with Gasteiger partial charge in [0.15, 0.2) is 0 Å². The van der Waals surface area contributed by atoms with E-state index >= 15 is 0 Å². The van der Waals surface area contributed by atoms with Crippen LogP contribution < -0.4 is 5.32 Å². The molecule has 6 heteroatoms. The molecule has 0 aromatic carbocycles. The van der Waals surface area contributed by atoms with Crippen molar-refractivity contribution in [2.24, 2.45) is 16.8 Å². The third-order valence-corrected chi connectivity index (χ3v) is 5.94. The van der Waals surface area contributed by atoms with E-state index in [1.807, 2.05) is 18.7 Å². The molecule has 2 amide bonds. The Balaban J connectivity index is 1.58. The van der Waals surface area contributed by atoms with Crippen LogP contribution in [0.2, 0.25) is 0 Å². The highest BCUT2D eigenvalue weighted by molar-refractivity contribution is 6.08. The van der Waals surface area contributed by atoms with Gasteiger partial charge in [0, 0.05) is 32.0 Å². The van der Waals surface area contributed by atoms with Gasteiger partial charge in [0.1, 0.15) is 11.4 Å². The maximum Gasteiger partial charge on any atom is 0.253 e. The number of ether oxygens (including phenoxy) is 1. The quantitative estimate of drug-likeness (QED) is 0.834. The molecular formula is C20H33N3O3. The predicted molar refractivity (Wildman–Crippen MR) is 101 cm³/mol. The normalized spacial score (nSPS) is 27.6. The number of aliphatic imine (C=N–C) groups is 1. The molecule has 3 rings (SSSR count). The minimum absolute atomic E-state index is 0.0237. The minimum atomic E-state index is -0.641. The standard InChI is InChI=1S/C20H33N3O3/c1-14(2)5-6-16-21-18(25)20(22-16)8-10-23(11-9-20)17(24)15-7-12-26-19(3,4)13-15/h14-15H,5-13H2,1-4H3,(H,21,22,25)/t15-/m1/s1. The number of hydrogen-bond donors (Lipinski definition) is 1. The van der Waals surface area contributed by atoms with Crippen molar-refractivity contribution in [3.8, 4) is 0 Å². The van der Waals surface area contributed by atoms with Crippen LogP contribution in [0.3, 0.4) is 0 Å². The number of amidine groups is 1. The van der Waals surface area contributed by atoms with Crippen molar-refractivity contribution in [3.63, 3.8) is 0 Å². The SMILES string of the molecule is CC(C)CCC1=NC2(CCN(C(=O)[C@@H]3CCOC(C)(C)C3)CC2)C(=O)N1. The molecular weight excluding hydrogens is 330 g/mol. The summed E-state index contributed by atoms with van der Waals surface area (Å²) in [7, 11) is 0.